The van der Waals surface area contributed by atoms with E-state index in [0.29, 0.717) is 24.5 Å². The zero-order valence-corrected chi connectivity index (χ0v) is 18.4. The lowest BCUT2D eigenvalue weighted by Crippen LogP contribution is -2.45. The van der Waals surface area contributed by atoms with Crippen LogP contribution < -0.4 is 20.1 Å². The molecule has 1 atom stereocenters. The van der Waals surface area contributed by atoms with E-state index in [4.69, 9.17) is 9.47 Å². The van der Waals surface area contributed by atoms with E-state index in [1.807, 2.05) is 49.4 Å². The first-order valence-corrected chi connectivity index (χ1v) is 11.5. The van der Waals surface area contributed by atoms with Gasteiger partial charge in [0.05, 0.1) is 5.92 Å². The van der Waals surface area contributed by atoms with Crippen LogP contribution in [0.15, 0.2) is 42.5 Å². The lowest BCUT2D eigenvalue weighted by Gasteiger charge is -2.32. The summed E-state index contributed by atoms with van der Waals surface area (Å²) in [6.45, 7) is 3.03. The van der Waals surface area contributed by atoms with Crippen LogP contribution in [0.3, 0.4) is 0 Å². The molecule has 0 radical (unpaired) electrons. The number of aryl methyl sites for hydroxylation is 1. The molecule has 2 N–H and O–H groups in total. The molecule has 1 saturated carbocycles. The Hall–Kier alpha value is -3.22. The molecule has 5 rings (SSSR count). The molecule has 168 valence electrons. The summed E-state index contributed by atoms with van der Waals surface area (Å²) in [7, 11) is 0. The predicted octanol–water partition coefficient (Wildman–Crippen LogP) is 4.92. The fourth-order valence-electron chi connectivity index (χ4n) is 4.83. The van der Waals surface area contributed by atoms with Crippen LogP contribution in [0, 0.1) is 12.8 Å². The first-order valence-electron chi connectivity index (χ1n) is 11.5. The van der Waals surface area contributed by atoms with Gasteiger partial charge in [-0.05, 0) is 62.4 Å². The van der Waals surface area contributed by atoms with Crippen LogP contribution in [0.25, 0.3) is 0 Å². The lowest BCUT2D eigenvalue weighted by atomic mass is 9.97. The third kappa shape index (κ3) is 4.24. The molecule has 0 bridgehead atoms. The Morgan fingerprint density at radius 1 is 0.969 bits per heavy atom. The number of ether oxygens (including phenoxy) is 2. The van der Waals surface area contributed by atoms with E-state index in [-0.39, 0.29) is 17.9 Å². The maximum absolute atomic E-state index is 12.9. The van der Waals surface area contributed by atoms with E-state index < -0.39 is 5.79 Å². The molecule has 1 unspecified atom stereocenters. The van der Waals surface area contributed by atoms with Crippen LogP contribution in [0.2, 0.25) is 0 Å². The molecule has 2 aliphatic heterocycles. The maximum Gasteiger partial charge on any atom is 0.321 e. The normalized spacial score (nSPS) is 20.9. The SMILES string of the molecule is Cc1cccc(NC(=O)N2CCCC(C(=O)Nc3ccc4c(c3)OC3(CCCC3)O4)C2)c1. The number of anilines is 2. The summed E-state index contributed by atoms with van der Waals surface area (Å²) >= 11 is 0. The van der Waals surface area contributed by atoms with Crippen molar-refractivity contribution in [2.24, 2.45) is 5.92 Å². The fraction of sp³-hybridized carbons (Fsp3) is 0.440. The van der Waals surface area contributed by atoms with Crippen molar-refractivity contribution in [3.63, 3.8) is 0 Å². The molecule has 32 heavy (non-hydrogen) atoms. The zero-order chi connectivity index (χ0) is 22.1. The van der Waals surface area contributed by atoms with E-state index in [1.54, 1.807) is 4.90 Å². The Morgan fingerprint density at radius 3 is 2.56 bits per heavy atom. The average Bonchev–Trinajstić information content (AvgIpc) is 3.39. The second-order valence-corrected chi connectivity index (χ2v) is 9.06. The van der Waals surface area contributed by atoms with Gasteiger partial charge in [-0.15, -0.1) is 0 Å². The van der Waals surface area contributed by atoms with Crippen molar-refractivity contribution in [2.45, 2.75) is 51.2 Å². The van der Waals surface area contributed by atoms with Crippen LogP contribution in [-0.4, -0.2) is 35.7 Å². The molecule has 1 saturated heterocycles. The molecule has 1 aliphatic carbocycles. The monoisotopic (exact) mass is 435 g/mol. The number of hydrogen-bond acceptors (Lipinski definition) is 4. The van der Waals surface area contributed by atoms with E-state index >= 15 is 0 Å². The average molecular weight is 436 g/mol. The standard InChI is InChI=1S/C25H29N3O4/c1-17-6-4-8-19(14-17)27-24(30)28-13-5-7-18(16-28)23(29)26-20-9-10-21-22(15-20)32-25(31-21)11-2-3-12-25/h4,6,8-10,14-15,18H,2-3,5,7,11-13,16H2,1H3,(H,26,29)(H,27,30). The Balaban J connectivity index is 1.19. The number of rotatable bonds is 3. The smallest absolute Gasteiger partial charge is 0.321 e. The van der Waals surface area contributed by atoms with Crippen LogP contribution in [0.1, 0.15) is 44.1 Å². The highest BCUT2D eigenvalue weighted by molar-refractivity contribution is 5.94. The van der Waals surface area contributed by atoms with Gasteiger partial charge in [-0.2, -0.15) is 0 Å². The molecule has 3 aliphatic rings. The summed E-state index contributed by atoms with van der Waals surface area (Å²) in [5.74, 6) is 0.583. The number of nitrogens with zero attached hydrogens (tertiary/aromatic N) is 1. The van der Waals surface area contributed by atoms with Crippen LogP contribution >= 0.6 is 0 Å². The van der Waals surface area contributed by atoms with Crippen molar-refractivity contribution in [1.82, 2.24) is 4.90 Å². The van der Waals surface area contributed by atoms with Gasteiger partial charge in [0.15, 0.2) is 11.5 Å². The predicted molar refractivity (Wildman–Crippen MR) is 122 cm³/mol. The Labute approximate surface area is 188 Å². The summed E-state index contributed by atoms with van der Waals surface area (Å²) in [6.07, 6.45) is 5.55. The number of piperidine rings is 1. The molecule has 7 heteroatoms. The first kappa shape index (κ1) is 20.7. The van der Waals surface area contributed by atoms with Crippen LogP contribution in [0.4, 0.5) is 16.2 Å². The number of carbonyl (C=O) groups excluding carboxylic acids is 2. The minimum atomic E-state index is -0.514. The molecular formula is C25H29N3O4. The summed E-state index contributed by atoms with van der Waals surface area (Å²) < 4.78 is 12.1. The lowest BCUT2D eigenvalue weighted by molar-refractivity contribution is -0.121. The van der Waals surface area contributed by atoms with E-state index in [1.165, 1.54) is 0 Å². The Bertz CT molecular complexity index is 1030. The van der Waals surface area contributed by atoms with Crippen molar-refractivity contribution < 1.29 is 19.1 Å². The van der Waals surface area contributed by atoms with Gasteiger partial charge < -0.3 is 25.0 Å². The van der Waals surface area contributed by atoms with Gasteiger partial charge in [-0.1, -0.05) is 12.1 Å². The van der Waals surface area contributed by atoms with Gasteiger partial charge >= 0.3 is 6.03 Å². The summed E-state index contributed by atoms with van der Waals surface area (Å²) in [4.78, 5) is 27.4. The molecule has 2 fully saturated rings. The topological polar surface area (TPSA) is 79.9 Å². The molecule has 0 aromatic heterocycles. The van der Waals surface area contributed by atoms with Gasteiger partial charge in [0.25, 0.3) is 5.79 Å². The van der Waals surface area contributed by atoms with Crippen LogP contribution in [0.5, 0.6) is 11.5 Å². The fourth-order valence-corrected chi connectivity index (χ4v) is 4.83. The maximum atomic E-state index is 12.9. The van der Waals surface area contributed by atoms with Gasteiger partial charge in [0.1, 0.15) is 0 Å². The minimum absolute atomic E-state index is 0.0764. The van der Waals surface area contributed by atoms with E-state index in [0.717, 1.165) is 55.5 Å². The van der Waals surface area contributed by atoms with Crippen molar-refractivity contribution in [2.75, 3.05) is 23.7 Å². The second-order valence-electron chi connectivity index (χ2n) is 9.06. The third-order valence-corrected chi connectivity index (χ3v) is 6.52. The van der Waals surface area contributed by atoms with Crippen molar-refractivity contribution in [3.05, 3.63) is 48.0 Å². The number of amides is 3. The number of benzene rings is 2. The highest BCUT2D eigenvalue weighted by Crippen LogP contribution is 2.47. The van der Waals surface area contributed by atoms with Gasteiger partial charge in [-0.3, -0.25) is 4.79 Å². The summed E-state index contributed by atoms with van der Waals surface area (Å²) in [5.41, 5.74) is 2.54. The highest BCUT2D eigenvalue weighted by Gasteiger charge is 2.44. The van der Waals surface area contributed by atoms with Crippen molar-refractivity contribution in [1.29, 1.82) is 0 Å². The molecule has 2 aromatic rings. The number of urea groups is 1. The summed E-state index contributed by atoms with van der Waals surface area (Å²) in [6, 6.07) is 13.1. The third-order valence-electron chi connectivity index (χ3n) is 6.52. The largest absolute Gasteiger partial charge is 0.448 e. The minimum Gasteiger partial charge on any atom is -0.448 e. The second kappa shape index (κ2) is 8.37. The highest BCUT2D eigenvalue weighted by atomic mass is 16.7. The molecule has 2 aromatic carbocycles. The van der Waals surface area contributed by atoms with Gasteiger partial charge in [0, 0.05) is 43.4 Å². The van der Waals surface area contributed by atoms with E-state index in [2.05, 4.69) is 10.6 Å². The first-order chi connectivity index (χ1) is 15.5. The molecular weight excluding hydrogens is 406 g/mol. The van der Waals surface area contributed by atoms with Gasteiger partial charge in [0.2, 0.25) is 5.91 Å². The molecule has 2 heterocycles. The quantitative estimate of drug-likeness (QED) is 0.717. The van der Waals surface area contributed by atoms with Crippen LogP contribution in [-0.2, 0) is 4.79 Å². The van der Waals surface area contributed by atoms with Crippen molar-refractivity contribution in [3.8, 4) is 11.5 Å². The molecule has 1 spiro atoms. The summed E-state index contributed by atoms with van der Waals surface area (Å²) in [5, 5.41) is 5.94. The Kier molecular flexibility index (Phi) is 5.41. The number of likely N-dealkylation sites (tertiary alicyclic amines) is 1. The zero-order valence-electron chi connectivity index (χ0n) is 18.4. The number of fused-ring (bicyclic) bond motifs is 1. The number of carbonyl (C=O) groups is 2. The number of nitrogens with one attached hydrogen (secondary N) is 2. The van der Waals surface area contributed by atoms with Gasteiger partial charge in [-0.25, -0.2) is 4.79 Å². The molecule has 3 amide bonds. The molecule has 7 nitrogen and oxygen atoms in total. The van der Waals surface area contributed by atoms with E-state index in [9.17, 15) is 9.59 Å². The number of hydrogen-bond donors (Lipinski definition) is 2. The van der Waals surface area contributed by atoms with Crippen molar-refractivity contribution >= 4 is 23.3 Å². The Morgan fingerprint density at radius 2 is 1.75 bits per heavy atom.